The second-order valence-electron chi connectivity index (χ2n) is 6.63. The molecule has 0 bridgehead atoms. The molecule has 6 heteroatoms. The largest absolute Gasteiger partial charge is 0.391 e. The van der Waals surface area contributed by atoms with Gasteiger partial charge in [-0.25, -0.2) is 4.98 Å². The maximum absolute atomic E-state index is 5.99. The third-order valence-corrected chi connectivity index (χ3v) is 6.00. The number of pyridine rings is 1. The minimum absolute atomic E-state index is 0.377. The zero-order valence-corrected chi connectivity index (χ0v) is 18.3. The van der Waals surface area contributed by atoms with Crippen LogP contribution in [0.3, 0.4) is 0 Å². The fraction of sp³-hybridized carbons (Fsp3) is 0.0833. The molecule has 0 atom stereocenters. The second-order valence-corrected chi connectivity index (χ2v) is 8.46. The normalized spacial score (nSPS) is 11.3. The maximum atomic E-state index is 5.99. The summed E-state index contributed by atoms with van der Waals surface area (Å²) >= 11 is 13.6. The first-order valence-electron chi connectivity index (χ1n) is 9.34. The molecule has 3 nitrogen and oxygen atoms in total. The van der Waals surface area contributed by atoms with Gasteiger partial charge in [-0.15, -0.1) is 11.8 Å². The number of para-hydroxylation sites is 1. The van der Waals surface area contributed by atoms with E-state index in [1.165, 1.54) is 5.56 Å². The van der Waals surface area contributed by atoms with Crippen LogP contribution in [0.15, 0.2) is 89.0 Å². The van der Waals surface area contributed by atoms with Gasteiger partial charge in [0.2, 0.25) is 0 Å². The van der Waals surface area contributed by atoms with Crippen molar-refractivity contribution in [1.29, 1.82) is 0 Å². The molecular formula is C24H18Cl2N2OS. The lowest BCUT2D eigenvalue weighted by molar-refractivity contribution is 0.132. The number of fused-ring (bicyclic) bond motifs is 1. The minimum Gasteiger partial charge on any atom is -0.391 e. The zero-order chi connectivity index (χ0) is 20.8. The molecule has 0 spiro atoms. The first-order chi connectivity index (χ1) is 14.7. The predicted molar refractivity (Wildman–Crippen MR) is 127 cm³/mol. The standard InChI is InChI=1S/C24H18Cl2N2OS/c25-21-9-5-17(6-10-21)15-29-27-14-20-13-19-3-1-2-4-23(19)28-24(20)30-16-18-7-11-22(26)12-8-18/h1-14H,15-16H2/b27-14+. The molecule has 4 aromatic rings. The van der Waals surface area contributed by atoms with Crippen molar-refractivity contribution in [3.8, 4) is 0 Å². The predicted octanol–water partition coefficient (Wildman–Crippen LogP) is 7.38. The summed E-state index contributed by atoms with van der Waals surface area (Å²) in [7, 11) is 0. The lowest BCUT2D eigenvalue weighted by Gasteiger charge is -2.08. The number of oxime groups is 1. The van der Waals surface area contributed by atoms with Crippen LogP contribution >= 0.6 is 35.0 Å². The summed E-state index contributed by atoms with van der Waals surface area (Å²) in [5, 5.41) is 7.57. The minimum atomic E-state index is 0.377. The molecule has 0 aliphatic carbocycles. The highest BCUT2D eigenvalue weighted by atomic mass is 35.5. The number of hydrogen-bond acceptors (Lipinski definition) is 4. The average molecular weight is 453 g/mol. The summed E-state index contributed by atoms with van der Waals surface area (Å²) in [6.45, 7) is 0.377. The molecule has 3 aromatic carbocycles. The number of benzene rings is 3. The quantitative estimate of drug-likeness (QED) is 0.166. The molecule has 0 aliphatic heterocycles. The molecule has 0 saturated carbocycles. The van der Waals surface area contributed by atoms with E-state index in [1.807, 2.05) is 72.8 Å². The van der Waals surface area contributed by atoms with E-state index in [2.05, 4.69) is 11.2 Å². The maximum Gasteiger partial charge on any atom is 0.142 e. The van der Waals surface area contributed by atoms with Crippen molar-refractivity contribution < 1.29 is 4.84 Å². The fourth-order valence-corrected chi connectivity index (χ4v) is 4.03. The van der Waals surface area contributed by atoms with Crippen molar-refractivity contribution in [2.75, 3.05) is 0 Å². The first-order valence-corrected chi connectivity index (χ1v) is 11.1. The van der Waals surface area contributed by atoms with E-state index >= 15 is 0 Å². The van der Waals surface area contributed by atoms with Crippen molar-refractivity contribution >= 4 is 52.1 Å². The molecule has 0 radical (unpaired) electrons. The van der Waals surface area contributed by atoms with Crippen LogP contribution in [0.25, 0.3) is 10.9 Å². The number of aromatic nitrogens is 1. The van der Waals surface area contributed by atoms with E-state index in [0.29, 0.717) is 11.6 Å². The molecule has 0 fully saturated rings. The Morgan fingerprint density at radius 2 is 1.53 bits per heavy atom. The average Bonchev–Trinajstić information content (AvgIpc) is 2.77. The fourth-order valence-electron chi connectivity index (χ4n) is 2.84. The smallest absolute Gasteiger partial charge is 0.142 e. The van der Waals surface area contributed by atoms with Gasteiger partial charge in [0.25, 0.3) is 0 Å². The van der Waals surface area contributed by atoms with Crippen LogP contribution in [0, 0.1) is 0 Å². The van der Waals surface area contributed by atoms with E-state index in [-0.39, 0.29) is 0 Å². The molecule has 150 valence electrons. The van der Waals surface area contributed by atoms with Gasteiger partial charge < -0.3 is 4.84 Å². The summed E-state index contributed by atoms with van der Waals surface area (Å²) in [5.74, 6) is 0.787. The molecule has 0 unspecified atom stereocenters. The van der Waals surface area contributed by atoms with Crippen molar-refractivity contribution in [3.05, 3.63) is 106 Å². The van der Waals surface area contributed by atoms with E-state index in [9.17, 15) is 0 Å². The third-order valence-electron chi connectivity index (χ3n) is 4.42. The van der Waals surface area contributed by atoms with Gasteiger partial charge in [-0.05, 0) is 47.5 Å². The lowest BCUT2D eigenvalue weighted by Crippen LogP contribution is -1.94. The molecule has 30 heavy (non-hydrogen) atoms. The van der Waals surface area contributed by atoms with Crippen molar-refractivity contribution in [1.82, 2.24) is 4.98 Å². The van der Waals surface area contributed by atoms with E-state index in [1.54, 1.807) is 18.0 Å². The van der Waals surface area contributed by atoms with Crippen LogP contribution in [0.5, 0.6) is 0 Å². The summed E-state index contributed by atoms with van der Waals surface area (Å²) in [4.78, 5) is 10.3. The number of hydrogen-bond donors (Lipinski definition) is 0. The van der Waals surface area contributed by atoms with Gasteiger partial charge in [0.15, 0.2) is 0 Å². The second kappa shape index (κ2) is 9.98. The van der Waals surface area contributed by atoms with E-state index in [0.717, 1.165) is 37.8 Å². The molecule has 0 saturated heterocycles. The van der Waals surface area contributed by atoms with Crippen LogP contribution in [0.1, 0.15) is 16.7 Å². The summed E-state index contributed by atoms with van der Waals surface area (Å²) in [6, 6.07) is 25.5. The van der Waals surface area contributed by atoms with Crippen LogP contribution in [0.4, 0.5) is 0 Å². The number of thioether (sulfide) groups is 1. The number of nitrogens with zero attached hydrogens (tertiary/aromatic N) is 2. The molecule has 0 aliphatic rings. The van der Waals surface area contributed by atoms with Gasteiger partial charge in [0, 0.05) is 26.7 Å². The Balaban J connectivity index is 1.51. The Bertz CT molecular complexity index is 1160. The van der Waals surface area contributed by atoms with Crippen molar-refractivity contribution in [3.63, 3.8) is 0 Å². The number of halogens is 2. The van der Waals surface area contributed by atoms with Crippen LogP contribution in [0.2, 0.25) is 10.0 Å². The third kappa shape index (κ3) is 5.54. The van der Waals surface area contributed by atoms with Gasteiger partial charge in [-0.1, -0.05) is 70.8 Å². The Labute approximate surface area is 189 Å². The molecule has 1 heterocycles. The first kappa shape index (κ1) is 20.7. The van der Waals surface area contributed by atoms with Gasteiger partial charge in [0.1, 0.15) is 11.6 Å². The highest BCUT2D eigenvalue weighted by Crippen LogP contribution is 2.27. The highest BCUT2D eigenvalue weighted by molar-refractivity contribution is 7.98. The van der Waals surface area contributed by atoms with Crippen LogP contribution < -0.4 is 0 Å². The van der Waals surface area contributed by atoms with Crippen LogP contribution in [-0.4, -0.2) is 11.2 Å². The van der Waals surface area contributed by atoms with E-state index in [4.69, 9.17) is 33.0 Å². The monoisotopic (exact) mass is 452 g/mol. The Hall–Kier alpha value is -2.53. The zero-order valence-electron chi connectivity index (χ0n) is 16.0. The molecule has 0 amide bonds. The Kier molecular flexibility index (Phi) is 6.90. The van der Waals surface area contributed by atoms with Gasteiger partial charge in [-0.3, -0.25) is 0 Å². The van der Waals surface area contributed by atoms with Crippen molar-refractivity contribution in [2.24, 2.45) is 5.16 Å². The SMILES string of the molecule is Clc1ccc(CO/N=C/c2cc3ccccc3nc2SCc2ccc(Cl)cc2)cc1. The van der Waals surface area contributed by atoms with Gasteiger partial charge in [-0.2, -0.15) is 0 Å². The summed E-state index contributed by atoms with van der Waals surface area (Å²) < 4.78 is 0. The molecular weight excluding hydrogens is 435 g/mol. The molecule has 4 rings (SSSR count). The number of rotatable bonds is 7. The topological polar surface area (TPSA) is 34.5 Å². The van der Waals surface area contributed by atoms with E-state index < -0.39 is 0 Å². The summed E-state index contributed by atoms with van der Waals surface area (Å²) in [5.41, 5.74) is 4.06. The molecule has 0 N–H and O–H groups in total. The lowest BCUT2D eigenvalue weighted by atomic mass is 10.2. The van der Waals surface area contributed by atoms with Crippen LogP contribution in [-0.2, 0) is 17.2 Å². The Morgan fingerprint density at radius 1 is 0.867 bits per heavy atom. The van der Waals surface area contributed by atoms with Crippen molar-refractivity contribution in [2.45, 2.75) is 17.4 Å². The Morgan fingerprint density at radius 3 is 2.27 bits per heavy atom. The van der Waals surface area contributed by atoms with Gasteiger partial charge >= 0.3 is 0 Å². The molecule has 1 aromatic heterocycles. The summed E-state index contributed by atoms with van der Waals surface area (Å²) in [6.07, 6.45) is 1.72. The highest BCUT2D eigenvalue weighted by Gasteiger charge is 2.07. The van der Waals surface area contributed by atoms with Gasteiger partial charge in [0.05, 0.1) is 11.7 Å².